The van der Waals surface area contributed by atoms with Gasteiger partial charge in [0.2, 0.25) is 5.88 Å². The standard InChI is InChI=1S/C9H11N5O3/c15-14(16)8-1-2-9(10-7-8)17-6-5-13-4-3-11-12-13/h1-4,7,11-12H,5-6H2. The van der Waals surface area contributed by atoms with E-state index in [0.717, 1.165) is 0 Å². The number of pyridine rings is 1. The minimum absolute atomic E-state index is 0.0503. The first-order valence-corrected chi connectivity index (χ1v) is 4.93. The van der Waals surface area contributed by atoms with E-state index < -0.39 is 4.92 Å². The molecule has 1 aliphatic rings. The van der Waals surface area contributed by atoms with Crippen molar-refractivity contribution in [1.82, 2.24) is 21.0 Å². The minimum Gasteiger partial charge on any atom is -0.476 e. The maximum atomic E-state index is 10.4. The zero-order chi connectivity index (χ0) is 12.1. The van der Waals surface area contributed by atoms with Gasteiger partial charge < -0.3 is 10.2 Å². The second-order valence-corrected chi connectivity index (χ2v) is 3.23. The molecule has 0 aliphatic carbocycles. The summed E-state index contributed by atoms with van der Waals surface area (Å²) in [5.74, 6) is 0.367. The monoisotopic (exact) mass is 237 g/mol. The van der Waals surface area contributed by atoms with E-state index in [9.17, 15) is 10.1 Å². The van der Waals surface area contributed by atoms with Crippen LogP contribution in [0.15, 0.2) is 30.7 Å². The summed E-state index contributed by atoms with van der Waals surface area (Å²) in [7, 11) is 0. The lowest BCUT2D eigenvalue weighted by molar-refractivity contribution is -0.385. The van der Waals surface area contributed by atoms with E-state index in [1.54, 1.807) is 11.2 Å². The van der Waals surface area contributed by atoms with E-state index >= 15 is 0 Å². The zero-order valence-electron chi connectivity index (χ0n) is 8.87. The van der Waals surface area contributed by atoms with E-state index in [0.29, 0.717) is 19.0 Å². The molecular formula is C9H11N5O3. The Kier molecular flexibility index (Phi) is 3.36. The van der Waals surface area contributed by atoms with Gasteiger partial charge in [-0.25, -0.2) is 4.98 Å². The number of hydrogen-bond acceptors (Lipinski definition) is 7. The molecule has 1 aromatic rings. The van der Waals surface area contributed by atoms with E-state index in [2.05, 4.69) is 15.9 Å². The highest BCUT2D eigenvalue weighted by Gasteiger charge is 2.06. The summed E-state index contributed by atoms with van der Waals surface area (Å²) in [6.07, 6.45) is 4.75. The van der Waals surface area contributed by atoms with Gasteiger partial charge in [0, 0.05) is 24.5 Å². The van der Waals surface area contributed by atoms with Crippen LogP contribution in [0.25, 0.3) is 0 Å². The molecule has 0 saturated carbocycles. The number of rotatable bonds is 5. The summed E-state index contributed by atoms with van der Waals surface area (Å²) < 4.78 is 5.33. The number of ether oxygens (including phenoxy) is 1. The SMILES string of the molecule is O=[N+]([O-])c1ccc(OCCN2C=CNN2)nc1. The molecule has 0 radical (unpaired) electrons. The van der Waals surface area contributed by atoms with Crippen LogP contribution >= 0.6 is 0 Å². The molecule has 0 amide bonds. The smallest absolute Gasteiger partial charge is 0.287 e. The number of hydrogen-bond donors (Lipinski definition) is 2. The molecule has 1 aliphatic heterocycles. The second-order valence-electron chi connectivity index (χ2n) is 3.23. The van der Waals surface area contributed by atoms with Crippen LogP contribution < -0.4 is 15.7 Å². The fourth-order valence-corrected chi connectivity index (χ4v) is 1.23. The Bertz CT molecular complexity index is 419. The van der Waals surface area contributed by atoms with E-state index in [1.807, 2.05) is 6.20 Å². The van der Waals surface area contributed by atoms with Crippen LogP contribution in [-0.4, -0.2) is 28.1 Å². The van der Waals surface area contributed by atoms with Crippen LogP contribution in [0.2, 0.25) is 0 Å². The van der Waals surface area contributed by atoms with Crippen molar-refractivity contribution >= 4 is 5.69 Å². The summed E-state index contributed by atoms with van der Waals surface area (Å²) in [6.45, 7) is 1.05. The van der Waals surface area contributed by atoms with Gasteiger partial charge in [-0.15, -0.1) is 5.53 Å². The molecule has 0 fully saturated rings. The molecule has 2 rings (SSSR count). The van der Waals surface area contributed by atoms with Crippen molar-refractivity contribution in [3.8, 4) is 5.88 Å². The van der Waals surface area contributed by atoms with Gasteiger partial charge in [0.25, 0.3) is 5.69 Å². The molecule has 2 heterocycles. The second kappa shape index (κ2) is 5.12. The average Bonchev–Trinajstić information content (AvgIpc) is 2.83. The fraction of sp³-hybridized carbons (Fsp3) is 0.222. The van der Waals surface area contributed by atoms with Crippen molar-refractivity contribution in [2.45, 2.75) is 0 Å². The van der Waals surface area contributed by atoms with Crippen molar-refractivity contribution in [1.29, 1.82) is 0 Å². The van der Waals surface area contributed by atoms with Crippen LogP contribution in [-0.2, 0) is 0 Å². The Morgan fingerprint density at radius 3 is 3.00 bits per heavy atom. The van der Waals surface area contributed by atoms with Gasteiger partial charge in [0.05, 0.1) is 11.5 Å². The molecule has 0 unspecified atom stereocenters. The van der Waals surface area contributed by atoms with Crippen LogP contribution in [0.4, 0.5) is 5.69 Å². The van der Waals surface area contributed by atoms with Gasteiger partial charge in [0.15, 0.2) is 0 Å². The molecule has 0 saturated heterocycles. The van der Waals surface area contributed by atoms with E-state index in [1.165, 1.54) is 18.3 Å². The zero-order valence-corrected chi connectivity index (χ0v) is 8.87. The first-order chi connectivity index (χ1) is 8.25. The van der Waals surface area contributed by atoms with Crippen LogP contribution in [0.5, 0.6) is 5.88 Å². The summed E-state index contributed by atoms with van der Waals surface area (Å²) in [4.78, 5) is 13.7. The first-order valence-electron chi connectivity index (χ1n) is 4.93. The van der Waals surface area contributed by atoms with Gasteiger partial charge in [0.1, 0.15) is 12.8 Å². The molecule has 0 atom stereocenters. The quantitative estimate of drug-likeness (QED) is 0.556. The predicted molar refractivity (Wildman–Crippen MR) is 58.5 cm³/mol. The Balaban J connectivity index is 1.78. The summed E-state index contributed by atoms with van der Waals surface area (Å²) in [5, 5.41) is 12.2. The molecule has 2 N–H and O–H groups in total. The molecule has 0 spiro atoms. The third-order valence-corrected chi connectivity index (χ3v) is 2.06. The number of aromatic nitrogens is 1. The molecule has 17 heavy (non-hydrogen) atoms. The predicted octanol–water partition coefficient (Wildman–Crippen LogP) is 0.165. The number of nitrogens with zero attached hydrogens (tertiary/aromatic N) is 3. The summed E-state index contributed by atoms with van der Waals surface area (Å²) >= 11 is 0. The van der Waals surface area contributed by atoms with Crippen LogP contribution in [0, 0.1) is 10.1 Å². The molecule has 90 valence electrons. The summed E-state index contributed by atoms with van der Waals surface area (Å²) in [6, 6.07) is 2.83. The molecular weight excluding hydrogens is 226 g/mol. The molecule has 8 heteroatoms. The highest BCUT2D eigenvalue weighted by atomic mass is 16.6. The van der Waals surface area contributed by atoms with Gasteiger partial charge in [-0.2, -0.15) is 0 Å². The Morgan fingerprint density at radius 1 is 1.53 bits per heavy atom. The van der Waals surface area contributed by atoms with Crippen LogP contribution in [0.1, 0.15) is 0 Å². The lowest BCUT2D eigenvalue weighted by Gasteiger charge is -2.14. The first kappa shape index (κ1) is 11.1. The van der Waals surface area contributed by atoms with Crippen molar-refractivity contribution < 1.29 is 9.66 Å². The van der Waals surface area contributed by atoms with Gasteiger partial charge >= 0.3 is 0 Å². The van der Waals surface area contributed by atoms with E-state index in [-0.39, 0.29) is 5.69 Å². The third kappa shape index (κ3) is 3.05. The molecule has 8 nitrogen and oxygen atoms in total. The third-order valence-electron chi connectivity index (χ3n) is 2.06. The highest BCUT2D eigenvalue weighted by molar-refractivity contribution is 5.28. The van der Waals surface area contributed by atoms with Crippen molar-refractivity contribution in [3.05, 3.63) is 40.8 Å². The van der Waals surface area contributed by atoms with Crippen molar-refractivity contribution in [2.24, 2.45) is 0 Å². The van der Waals surface area contributed by atoms with E-state index in [4.69, 9.17) is 4.74 Å². The lowest BCUT2D eigenvalue weighted by atomic mass is 10.4. The number of hydrazine groups is 2. The molecule has 0 bridgehead atoms. The Labute approximate surface area is 97.0 Å². The average molecular weight is 237 g/mol. The minimum atomic E-state index is -0.499. The largest absolute Gasteiger partial charge is 0.476 e. The normalized spacial score (nSPS) is 13.5. The van der Waals surface area contributed by atoms with Gasteiger partial charge in [-0.05, 0) is 0 Å². The lowest BCUT2D eigenvalue weighted by Crippen LogP contribution is -2.37. The number of nitrogens with one attached hydrogen (secondary N) is 2. The van der Waals surface area contributed by atoms with Gasteiger partial charge in [-0.3, -0.25) is 15.1 Å². The fourth-order valence-electron chi connectivity index (χ4n) is 1.23. The maximum absolute atomic E-state index is 10.4. The maximum Gasteiger partial charge on any atom is 0.287 e. The molecule has 1 aromatic heterocycles. The highest BCUT2D eigenvalue weighted by Crippen LogP contribution is 2.13. The number of nitro groups is 1. The van der Waals surface area contributed by atoms with Gasteiger partial charge in [-0.1, -0.05) is 0 Å². The van der Waals surface area contributed by atoms with Crippen molar-refractivity contribution in [2.75, 3.05) is 13.2 Å². The Hall–Kier alpha value is -2.35. The van der Waals surface area contributed by atoms with Crippen LogP contribution in [0.3, 0.4) is 0 Å². The summed E-state index contributed by atoms with van der Waals surface area (Å²) in [5.41, 5.74) is 5.59. The Morgan fingerprint density at radius 2 is 2.41 bits per heavy atom. The van der Waals surface area contributed by atoms with Crippen molar-refractivity contribution in [3.63, 3.8) is 0 Å². The topological polar surface area (TPSA) is 92.6 Å². The molecule has 0 aromatic carbocycles.